The lowest BCUT2D eigenvalue weighted by Gasteiger charge is -2.08. The number of nitrogens with zero attached hydrogens (tertiary/aromatic N) is 3. The summed E-state index contributed by atoms with van der Waals surface area (Å²) in [7, 11) is 0. The molecule has 1 aliphatic heterocycles. The third-order valence-corrected chi connectivity index (χ3v) is 3.75. The Morgan fingerprint density at radius 2 is 1.92 bits per heavy atom. The van der Waals surface area contributed by atoms with E-state index in [0.717, 1.165) is 11.1 Å². The zero-order chi connectivity index (χ0) is 18.1. The molecule has 1 aromatic heterocycles. The van der Waals surface area contributed by atoms with Crippen molar-refractivity contribution >= 4 is 29.2 Å². The summed E-state index contributed by atoms with van der Waals surface area (Å²) >= 11 is 0. The van der Waals surface area contributed by atoms with Crippen LogP contribution >= 0.6 is 0 Å². The second-order valence-electron chi connectivity index (χ2n) is 5.23. The first kappa shape index (κ1) is 16.2. The molecule has 0 atom stereocenters. The molecule has 0 spiro atoms. The minimum atomic E-state index is -0.596. The van der Waals surface area contributed by atoms with Crippen LogP contribution in [0.3, 0.4) is 0 Å². The molecule has 0 aliphatic carbocycles. The maximum atomic E-state index is 12.3. The molecule has 0 saturated heterocycles. The first-order valence-electron chi connectivity index (χ1n) is 7.34. The molecule has 9 nitrogen and oxygen atoms in total. The van der Waals surface area contributed by atoms with Crippen LogP contribution in [0.4, 0.5) is 11.5 Å². The van der Waals surface area contributed by atoms with Gasteiger partial charge in [-0.2, -0.15) is 0 Å². The van der Waals surface area contributed by atoms with Crippen molar-refractivity contribution in [1.29, 1.82) is 0 Å². The lowest BCUT2D eigenvalue weighted by atomic mass is 10.1. The van der Waals surface area contributed by atoms with Crippen molar-refractivity contribution in [3.63, 3.8) is 0 Å². The van der Waals surface area contributed by atoms with Crippen molar-refractivity contribution in [3.8, 4) is 0 Å². The Balaban J connectivity index is 1.82. The van der Waals surface area contributed by atoms with Gasteiger partial charge in [-0.25, -0.2) is 4.98 Å². The summed E-state index contributed by atoms with van der Waals surface area (Å²) in [5.41, 5.74) is 0.422. The molecule has 0 radical (unpaired) electrons. The lowest BCUT2D eigenvalue weighted by Crippen LogP contribution is -2.29. The molecular weight excluding hydrogens is 328 g/mol. The number of anilines is 1. The topological polar surface area (TPSA) is 123 Å². The highest BCUT2D eigenvalue weighted by molar-refractivity contribution is 6.22. The molecule has 0 unspecified atom stereocenters. The van der Waals surface area contributed by atoms with E-state index in [4.69, 9.17) is 0 Å². The van der Waals surface area contributed by atoms with Crippen molar-refractivity contribution in [2.24, 2.45) is 0 Å². The van der Waals surface area contributed by atoms with E-state index < -0.39 is 16.7 Å². The van der Waals surface area contributed by atoms with Gasteiger partial charge in [0, 0.05) is 18.2 Å². The zero-order valence-corrected chi connectivity index (χ0v) is 13.1. The van der Waals surface area contributed by atoms with Crippen molar-refractivity contribution in [3.05, 3.63) is 63.3 Å². The Kier molecular flexibility index (Phi) is 3.97. The van der Waals surface area contributed by atoms with E-state index in [2.05, 4.69) is 10.3 Å². The van der Waals surface area contributed by atoms with Crippen molar-refractivity contribution in [2.75, 3.05) is 11.9 Å². The van der Waals surface area contributed by atoms with Gasteiger partial charge in [0.15, 0.2) is 0 Å². The molecular formula is C16H12N4O5. The molecule has 0 saturated carbocycles. The molecule has 2 aromatic rings. The standard InChI is InChI=1S/C16H12N4O5/c1-2-19-15(22)11-5-3-9(7-12(11)16(19)23)14(21)18-13-6-4-10(8-17-13)20(24)25/h3-8H,2H2,1H3,(H,17,18,21). The first-order valence-corrected chi connectivity index (χ1v) is 7.34. The molecule has 126 valence electrons. The molecule has 1 aromatic carbocycles. The Labute approximate surface area is 141 Å². The van der Waals surface area contributed by atoms with Gasteiger partial charge in [0.1, 0.15) is 12.0 Å². The van der Waals surface area contributed by atoms with Gasteiger partial charge < -0.3 is 5.32 Å². The quantitative estimate of drug-likeness (QED) is 0.515. The second-order valence-corrected chi connectivity index (χ2v) is 5.23. The minimum absolute atomic E-state index is 0.133. The highest BCUT2D eigenvalue weighted by Crippen LogP contribution is 2.24. The maximum Gasteiger partial charge on any atom is 0.287 e. The highest BCUT2D eigenvalue weighted by atomic mass is 16.6. The van der Waals surface area contributed by atoms with Gasteiger partial charge in [-0.3, -0.25) is 29.4 Å². The average molecular weight is 340 g/mol. The number of hydrogen-bond donors (Lipinski definition) is 1. The van der Waals surface area contributed by atoms with Gasteiger partial charge in [0.25, 0.3) is 23.4 Å². The Hall–Kier alpha value is -3.62. The van der Waals surface area contributed by atoms with Gasteiger partial charge in [0.05, 0.1) is 16.1 Å². The largest absolute Gasteiger partial charge is 0.307 e. The van der Waals surface area contributed by atoms with Crippen LogP contribution in [0.5, 0.6) is 0 Å². The normalized spacial score (nSPS) is 12.9. The Morgan fingerprint density at radius 3 is 2.52 bits per heavy atom. The summed E-state index contributed by atoms with van der Waals surface area (Å²) in [6.07, 6.45) is 1.03. The molecule has 9 heteroatoms. The number of nitro groups is 1. The van der Waals surface area contributed by atoms with E-state index in [1.54, 1.807) is 6.92 Å². The van der Waals surface area contributed by atoms with E-state index in [9.17, 15) is 24.5 Å². The maximum absolute atomic E-state index is 12.3. The smallest absolute Gasteiger partial charge is 0.287 e. The molecule has 2 heterocycles. The Bertz CT molecular complexity index is 907. The highest BCUT2D eigenvalue weighted by Gasteiger charge is 2.34. The molecule has 25 heavy (non-hydrogen) atoms. The summed E-state index contributed by atoms with van der Waals surface area (Å²) in [6.45, 7) is 1.94. The Morgan fingerprint density at radius 1 is 1.20 bits per heavy atom. The third kappa shape index (κ3) is 2.82. The average Bonchev–Trinajstić information content (AvgIpc) is 2.85. The van der Waals surface area contributed by atoms with Gasteiger partial charge in [-0.1, -0.05) is 0 Å². The molecule has 0 fully saturated rings. The van der Waals surface area contributed by atoms with E-state index in [1.807, 2.05) is 0 Å². The number of imide groups is 1. The number of aromatic nitrogens is 1. The summed E-state index contributed by atoms with van der Waals surface area (Å²) in [6, 6.07) is 6.74. The fourth-order valence-corrected chi connectivity index (χ4v) is 2.48. The molecule has 3 amide bonds. The molecule has 0 bridgehead atoms. The van der Waals surface area contributed by atoms with Crippen molar-refractivity contribution < 1.29 is 19.3 Å². The third-order valence-electron chi connectivity index (χ3n) is 3.75. The number of carbonyl (C=O) groups is 3. The van der Waals surface area contributed by atoms with Crippen LogP contribution < -0.4 is 5.32 Å². The van der Waals surface area contributed by atoms with E-state index in [1.165, 1.54) is 30.3 Å². The van der Waals surface area contributed by atoms with Crippen LogP contribution in [0.25, 0.3) is 0 Å². The first-order chi connectivity index (χ1) is 11.9. The molecule has 3 rings (SSSR count). The number of amides is 3. The van der Waals surface area contributed by atoms with Crippen LogP contribution in [0.2, 0.25) is 0 Å². The van der Waals surface area contributed by atoms with Crippen molar-refractivity contribution in [1.82, 2.24) is 9.88 Å². The number of hydrogen-bond acceptors (Lipinski definition) is 6. The van der Waals surface area contributed by atoms with Gasteiger partial charge >= 0.3 is 0 Å². The number of carbonyl (C=O) groups excluding carboxylic acids is 3. The minimum Gasteiger partial charge on any atom is -0.307 e. The monoisotopic (exact) mass is 340 g/mol. The number of fused-ring (bicyclic) bond motifs is 1. The van der Waals surface area contributed by atoms with Crippen LogP contribution in [-0.4, -0.2) is 39.1 Å². The van der Waals surface area contributed by atoms with Crippen LogP contribution in [-0.2, 0) is 0 Å². The molecule has 1 N–H and O–H groups in total. The van der Waals surface area contributed by atoms with E-state index in [0.29, 0.717) is 0 Å². The van der Waals surface area contributed by atoms with Crippen LogP contribution in [0.15, 0.2) is 36.5 Å². The fraction of sp³-hybridized carbons (Fsp3) is 0.125. The number of benzene rings is 1. The predicted octanol–water partition coefficient (Wildman–Crippen LogP) is 1.86. The number of rotatable bonds is 4. The summed E-state index contributed by atoms with van der Waals surface area (Å²) in [4.78, 5) is 51.4. The summed E-state index contributed by atoms with van der Waals surface area (Å²) < 4.78 is 0. The zero-order valence-electron chi connectivity index (χ0n) is 13.1. The fourth-order valence-electron chi connectivity index (χ4n) is 2.48. The van der Waals surface area contributed by atoms with Gasteiger partial charge in [0.2, 0.25) is 0 Å². The van der Waals surface area contributed by atoms with E-state index in [-0.39, 0.29) is 40.6 Å². The SMILES string of the molecule is CCN1C(=O)c2ccc(C(=O)Nc3ccc([N+](=O)[O-])cn3)cc2C1=O. The summed E-state index contributed by atoms with van der Waals surface area (Å²) in [5, 5.41) is 13.1. The van der Waals surface area contributed by atoms with Crippen LogP contribution in [0.1, 0.15) is 38.0 Å². The van der Waals surface area contributed by atoms with E-state index >= 15 is 0 Å². The van der Waals surface area contributed by atoms with Gasteiger partial charge in [-0.15, -0.1) is 0 Å². The number of nitrogens with one attached hydrogen (secondary N) is 1. The van der Waals surface area contributed by atoms with Crippen molar-refractivity contribution in [2.45, 2.75) is 6.92 Å². The van der Waals surface area contributed by atoms with Gasteiger partial charge in [-0.05, 0) is 31.2 Å². The second kappa shape index (κ2) is 6.11. The lowest BCUT2D eigenvalue weighted by molar-refractivity contribution is -0.385. The molecule has 1 aliphatic rings. The number of pyridine rings is 1. The van der Waals surface area contributed by atoms with Crippen LogP contribution in [0, 0.1) is 10.1 Å². The summed E-state index contributed by atoms with van der Waals surface area (Å²) in [5.74, 6) is -1.23. The predicted molar refractivity (Wildman–Crippen MR) is 86.3 cm³/mol.